The molecular weight excluding hydrogens is 598 g/mol. The maximum absolute atomic E-state index is 6.71. The van der Waals surface area contributed by atoms with E-state index in [0.717, 1.165) is 22.3 Å². The monoisotopic (exact) mass is 639 g/mol. The predicted octanol–water partition coefficient (Wildman–Crippen LogP) is 6.76. The van der Waals surface area contributed by atoms with Crippen molar-refractivity contribution in [1.82, 2.24) is 5.32 Å². The summed E-state index contributed by atoms with van der Waals surface area (Å²) in [5.74, 6) is 0. The molecule has 46 heavy (non-hydrogen) atoms. The molecule has 1 saturated heterocycles. The van der Waals surface area contributed by atoms with E-state index in [1.165, 1.54) is 0 Å². The molecule has 0 aromatic heterocycles. The van der Waals surface area contributed by atoms with Crippen LogP contribution in [0.1, 0.15) is 22.3 Å². The fourth-order valence-electron chi connectivity index (χ4n) is 5.14. The van der Waals surface area contributed by atoms with E-state index in [1.54, 1.807) is 6.08 Å². The predicted molar refractivity (Wildman–Crippen MR) is 182 cm³/mol. The van der Waals surface area contributed by atoms with Gasteiger partial charge in [0.1, 0.15) is 24.4 Å². The highest BCUT2D eigenvalue weighted by Gasteiger charge is 2.50. The van der Waals surface area contributed by atoms with E-state index in [-0.39, 0.29) is 11.8 Å². The zero-order chi connectivity index (χ0) is 31.8. The van der Waals surface area contributed by atoms with Crippen molar-refractivity contribution < 1.29 is 28.4 Å². The zero-order valence-electron chi connectivity index (χ0n) is 25.8. The Morgan fingerprint density at radius 1 is 0.630 bits per heavy atom. The molecule has 0 radical (unpaired) electrons. The van der Waals surface area contributed by atoms with Crippen molar-refractivity contribution in [3.8, 4) is 0 Å². The van der Waals surface area contributed by atoms with Crippen molar-refractivity contribution >= 4 is 17.4 Å². The average molecular weight is 640 g/mol. The van der Waals surface area contributed by atoms with Crippen molar-refractivity contribution in [1.29, 1.82) is 0 Å². The van der Waals surface area contributed by atoms with Crippen LogP contribution in [0.4, 0.5) is 0 Å². The maximum atomic E-state index is 6.71. The molecule has 0 aliphatic carbocycles. The third-order valence-corrected chi connectivity index (χ3v) is 7.70. The number of hydrogen-bond donors (Lipinski definition) is 1. The molecule has 4 aromatic carbocycles. The summed E-state index contributed by atoms with van der Waals surface area (Å²) in [5, 5.41) is 3.21. The van der Waals surface area contributed by atoms with Crippen LogP contribution in [0.5, 0.6) is 0 Å². The van der Waals surface area contributed by atoms with Gasteiger partial charge in [-0.05, 0) is 34.5 Å². The molecule has 1 aliphatic heterocycles. The Kier molecular flexibility index (Phi) is 13.3. The molecule has 8 heteroatoms. The Morgan fingerprint density at radius 3 is 1.54 bits per heavy atom. The molecule has 0 saturated carbocycles. The van der Waals surface area contributed by atoms with E-state index >= 15 is 0 Å². The molecule has 0 amide bonds. The van der Waals surface area contributed by atoms with Crippen LogP contribution >= 0.6 is 12.2 Å². The number of rotatable bonds is 16. The Labute approximate surface area is 277 Å². The Bertz CT molecular complexity index is 1440. The van der Waals surface area contributed by atoms with E-state index in [2.05, 4.69) is 11.9 Å². The summed E-state index contributed by atoms with van der Waals surface area (Å²) < 4.78 is 39.0. The first-order valence-electron chi connectivity index (χ1n) is 15.5. The molecule has 5 atom stereocenters. The van der Waals surface area contributed by atoms with Gasteiger partial charge in [-0.2, -0.15) is 0 Å². The first-order chi connectivity index (χ1) is 22.7. The summed E-state index contributed by atoms with van der Waals surface area (Å²) in [6, 6.07) is 40.0. The molecule has 1 aliphatic rings. The molecular formula is C38H41NO6S. The van der Waals surface area contributed by atoms with Crippen LogP contribution in [0.2, 0.25) is 0 Å². The number of benzene rings is 4. The summed E-state index contributed by atoms with van der Waals surface area (Å²) in [6.45, 7) is 5.86. The van der Waals surface area contributed by atoms with Crippen molar-refractivity contribution in [2.24, 2.45) is 0 Å². The van der Waals surface area contributed by atoms with Gasteiger partial charge in [0.2, 0.25) is 6.29 Å². The first kappa shape index (κ1) is 33.5. The van der Waals surface area contributed by atoms with E-state index in [4.69, 9.17) is 40.6 Å². The molecule has 1 N–H and O–H groups in total. The standard InChI is InChI=1S/C38H41NO6S/c1-2-23-39-38(46)45-37-36(43-27-32-21-13-6-14-22-32)35(42-26-31-19-11-5-12-20-31)34(41-25-30-17-9-4-10-18-30)33(44-37)28-40-24-29-15-7-3-8-16-29/h2-22,33-37H,1,23-28H2,(H,39,46)/t33-,34-,35+,36-,37?/m1/s1. The third kappa shape index (κ3) is 10.3. The lowest BCUT2D eigenvalue weighted by atomic mass is 9.97. The van der Waals surface area contributed by atoms with Gasteiger partial charge >= 0.3 is 0 Å². The molecule has 1 fully saturated rings. The van der Waals surface area contributed by atoms with Crippen molar-refractivity contribution in [2.45, 2.75) is 57.1 Å². The van der Waals surface area contributed by atoms with E-state index in [1.807, 2.05) is 121 Å². The second-order valence-corrected chi connectivity index (χ2v) is 11.3. The van der Waals surface area contributed by atoms with E-state index < -0.39 is 30.7 Å². The second-order valence-electron chi connectivity index (χ2n) is 10.9. The maximum Gasteiger partial charge on any atom is 0.259 e. The number of ether oxygens (including phenoxy) is 6. The van der Waals surface area contributed by atoms with Gasteiger partial charge in [-0.3, -0.25) is 0 Å². The minimum absolute atomic E-state index is 0.174. The fourth-order valence-corrected chi connectivity index (χ4v) is 5.32. The molecule has 0 bridgehead atoms. The summed E-state index contributed by atoms with van der Waals surface area (Å²) in [4.78, 5) is 0. The molecule has 4 aromatic rings. The van der Waals surface area contributed by atoms with Crippen molar-refractivity contribution in [2.75, 3.05) is 13.2 Å². The number of nitrogens with one attached hydrogen (secondary N) is 1. The van der Waals surface area contributed by atoms with Gasteiger partial charge in [0, 0.05) is 6.54 Å². The lowest BCUT2D eigenvalue weighted by Crippen LogP contribution is -2.62. The minimum atomic E-state index is -0.906. The lowest BCUT2D eigenvalue weighted by molar-refractivity contribution is -0.313. The molecule has 0 spiro atoms. The number of thiocarbonyl (C=S) groups is 1. The van der Waals surface area contributed by atoms with Crippen molar-refractivity contribution in [3.63, 3.8) is 0 Å². The minimum Gasteiger partial charge on any atom is -0.438 e. The summed E-state index contributed by atoms with van der Waals surface area (Å²) >= 11 is 5.53. The molecule has 5 rings (SSSR count). The van der Waals surface area contributed by atoms with E-state index in [0.29, 0.717) is 33.0 Å². The van der Waals surface area contributed by atoms with Crippen LogP contribution in [0.25, 0.3) is 0 Å². The van der Waals surface area contributed by atoms with Crippen LogP contribution in [0.3, 0.4) is 0 Å². The molecule has 240 valence electrons. The van der Waals surface area contributed by atoms with Gasteiger partial charge in [-0.25, -0.2) is 0 Å². The van der Waals surface area contributed by atoms with Gasteiger partial charge in [-0.15, -0.1) is 6.58 Å². The Hall–Kier alpha value is -3.89. The van der Waals surface area contributed by atoms with Crippen LogP contribution in [-0.2, 0) is 54.8 Å². The quantitative estimate of drug-likeness (QED) is 0.107. The van der Waals surface area contributed by atoms with Crippen LogP contribution < -0.4 is 5.32 Å². The van der Waals surface area contributed by atoms with Gasteiger partial charge in [0.05, 0.1) is 33.0 Å². The topological polar surface area (TPSA) is 67.4 Å². The SMILES string of the molecule is C=CCNC(=S)OC1O[C@H](COCc2ccccc2)[C@@H](OCc2ccccc2)[C@H](OCc2ccccc2)[C@H]1OCc1ccccc1. The fraction of sp³-hybridized carbons (Fsp3) is 0.289. The second kappa shape index (κ2) is 18.3. The zero-order valence-corrected chi connectivity index (χ0v) is 26.6. The highest BCUT2D eigenvalue weighted by atomic mass is 32.1. The average Bonchev–Trinajstić information content (AvgIpc) is 3.10. The van der Waals surface area contributed by atoms with Gasteiger partial charge in [0.25, 0.3) is 5.17 Å². The normalized spacial score (nSPS) is 20.9. The highest BCUT2D eigenvalue weighted by molar-refractivity contribution is 7.80. The lowest BCUT2D eigenvalue weighted by Gasteiger charge is -2.45. The van der Waals surface area contributed by atoms with E-state index in [9.17, 15) is 0 Å². The van der Waals surface area contributed by atoms with Crippen LogP contribution in [0, 0.1) is 0 Å². The summed E-state index contributed by atoms with van der Waals surface area (Å²) in [7, 11) is 0. The summed E-state index contributed by atoms with van der Waals surface area (Å²) in [6.07, 6.45) is -1.61. The highest BCUT2D eigenvalue weighted by Crippen LogP contribution is 2.31. The smallest absolute Gasteiger partial charge is 0.259 e. The molecule has 1 heterocycles. The molecule has 7 nitrogen and oxygen atoms in total. The third-order valence-electron chi connectivity index (χ3n) is 7.45. The first-order valence-corrected chi connectivity index (χ1v) is 15.9. The largest absolute Gasteiger partial charge is 0.438 e. The van der Waals surface area contributed by atoms with Gasteiger partial charge in [-0.1, -0.05) is 127 Å². The summed E-state index contributed by atoms with van der Waals surface area (Å²) in [5.41, 5.74) is 4.12. The number of hydrogen-bond acceptors (Lipinski definition) is 7. The Morgan fingerprint density at radius 2 is 1.07 bits per heavy atom. The van der Waals surface area contributed by atoms with Crippen LogP contribution in [0.15, 0.2) is 134 Å². The van der Waals surface area contributed by atoms with Gasteiger partial charge in [0.15, 0.2) is 0 Å². The Balaban J connectivity index is 1.44. The molecule has 1 unspecified atom stereocenters. The van der Waals surface area contributed by atoms with Gasteiger partial charge < -0.3 is 33.7 Å². The van der Waals surface area contributed by atoms with Crippen molar-refractivity contribution in [3.05, 3.63) is 156 Å². The van der Waals surface area contributed by atoms with Crippen LogP contribution in [-0.4, -0.2) is 49.0 Å².